The van der Waals surface area contributed by atoms with Crippen molar-refractivity contribution in [3.05, 3.63) is 71.3 Å². The van der Waals surface area contributed by atoms with Crippen molar-refractivity contribution >= 4 is 6.09 Å². The van der Waals surface area contributed by atoms with Crippen molar-refractivity contribution < 1.29 is 9.53 Å². The van der Waals surface area contributed by atoms with Gasteiger partial charge in [-0.25, -0.2) is 4.79 Å². The standard InChI is InChI=1S/C21H23N3O2/c22-14-18-7-4-8-19(13-18)15-24-11-9-20(10-12-24)23-21(25)26-16-17-5-2-1-3-6-17/h1-8,13,20H,9-12,15-16H2,(H,23,25). The van der Waals surface area contributed by atoms with Crippen LogP contribution in [0, 0.1) is 11.3 Å². The molecule has 0 atom stereocenters. The first-order chi connectivity index (χ1) is 12.7. The first-order valence-corrected chi connectivity index (χ1v) is 8.91. The molecule has 2 aromatic carbocycles. The summed E-state index contributed by atoms with van der Waals surface area (Å²) in [6, 6.07) is 19.7. The number of piperidine rings is 1. The van der Waals surface area contributed by atoms with E-state index in [-0.39, 0.29) is 12.1 Å². The van der Waals surface area contributed by atoms with Gasteiger partial charge in [0.05, 0.1) is 11.6 Å². The summed E-state index contributed by atoms with van der Waals surface area (Å²) >= 11 is 0. The Morgan fingerprint density at radius 1 is 1.12 bits per heavy atom. The maximum absolute atomic E-state index is 12.0. The van der Waals surface area contributed by atoms with E-state index in [1.807, 2.05) is 54.6 Å². The number of carbonyl (C=O) groups is 1. The number of alkyl carbamates (subject to hydrolysis) is 1. The van der Waals surface area contributed by atoms with Crippen LogP contribution in [0.25, 0.3) is 0 Å². The summed E-state index contributed by atoms with van der Waals surface area (Å²) in [4.78, 5) is 14.3. The normalized spacial score (nSPS) is 15.2. The summed E-state index contributed by atoms with van der Waals surface area (Å²) in [5.41, 5.74) is 2.83. The Morgan fingerprint density at radius 2 is 1.85 bits per heavy atom. The minimum atomic E-state index is -0.353. The Balaban J connectivity index is 1.39. The van der Waals surface area contributed by atoms with Crippen LogP contribution in [0.3, 0.4) is 0 Å². The molecule has 5 nitrogen and oxygen atoms in total. The number of hydrogen-bond donors (Lipinski definition) is 1. The van der Waals surface area contributed by atoms with Gasteiger partial charge >= 0.3 is 6.09 Å². The summed E-state index contributed by atoms with van der Waals surface area (Å²) in [7, 11) is 0. The van der Waals surface area contributed by atoms with Gasteiger partial charge in [0.2, 0.25) is 0 Å². The lowest BCUT2D eigenvalue weighted by atomic mass is 10.0. The Labute approximate surface area is 154 Å². The molecule has 1 fully saturated rings. The number of ether oxygens (including phenoxy) is 1. The van der Waals surface area contributed by atoms with Crippen LogP contribution in [0.1, 0.15) is 29.5 Å². The monoisotopic (exact) mass is 349 g/mol. The number of nitrogens with zero attached hydrogens (tertiary/aromatic N) is 2. The molecule has 0 bridgehead atoms. The SMILES string of the molecule is N#Cc1cccc(CN2CCC(NC(=O)OCc3ccccc3)CC2)c1. The predicted molar refractivity (Wildman–Crippen MR) is 99.2 cm³/mol. The van der Waals surface area contributed by atoms with Gasteiger partial charge in [-0.1, -0.05) is 42.5 Å². The molecule has 0 radical (unpaired) electrons. The van der Waals surface area contributed by atoms with Crippen LogP contribution in [0.5, 0.6) is 0 Å². The summed E-state index contributed by atoms with van der Waals surface area (Å²) < 4.78 is 5.28. The van der Waals surface area contributed by atoms with E-state index in [1.165, 1.54) is 0 Å². The van der Waals surface area contributed by atoms with Crippen molar-refractivity contribution in [1.82, 2.24) is 10.2 Å². The molecule has 0 saturated carbocycles. The van der Waals surface area contributed by atoms with Gasteiger partial charge in [-0.05, 0) is 36.1 Å². The number of nitriles is 1. The van der Waals surface area contributed by atoms with Gasteiger partial charge in [0.25, 0.3) is 0 Å². The Hall–Kier alpha value is -2.84. The Bertz CT molecular complexity index is 762. The second-order valence-electron chi connectivity index (χ2n) is 6.57. The highest BCUT2D eigenvalue weighted by molar-refractivity contribution is 5.67. The molecule has 1 amide bonds. The number of amides is 1. The van der Waals surface area contributed by atoms with E-state index in [0.717, 1.165) is 43.6 Å². The zero-order chi connectivity index (χ0) is 18.2. The molecule has 3 rings (SSSR count). The molecule has 1 aliphatic rings. The van der Waals surface area contributed by atoms with E-state index in [1.54, 1.807) is 0 Å². The van der Waals surface area contributed by atoms with Crippen molar-refractivity contribution in [3.63, 3.8) is 0 Å². The summed E-state index contributed by atoms with van der Waals surface area (Å²) in [5.74, 6) is 0. The smallest absolute Gasteiger partial charge is 0.407 e. The first kappa shape index (κ1) is 18.0. The summed E-state index contributed by atoms with van der Waals surface area (Å²) in [5, 5.41) is 11.9. The molecule has 5 heteroatoms. The van der Waals surface area contributed by atoms with E-state index in [9.17, 15) is 4.79 Å². The third kappa shape index (κ3) is 5.33. The third-order valence-electron chi connectivity index (χ3n) is 4.58. The maximum Gasteiger partial charge on any atom is 0.407 e. The minimum Gasteiger partial charge on any atom is -0.445 e. The quantitative estimate of drug-likeness (QED) is 0.898. The van der Waals surface area contributed by atoms with E-state index >= 15 is 0 Å². The molecule has 0 unspecified atom stereocenters. The zero-order valence-corrected chi connectivity index (χ0v) is 14.7. The van der Waals surface area contributed by atoms with Crippen molar-refractivity contribution in [1.29, 1.82) is 5.26 Å². The van der Waals surface area contributed by atoms with E-state index < -0.39 is 0 Å². The van der Waals surface area contributed by atoms with Gasteiger partial charge in [-0.15, -0.1) is 0 Å². The molecule has 1 N–H and O–H groups in total. The van der Waals surface area contributed by atoms with Crippen LogP contribution in [0.15, 0.2) is 54.6 Å². The fourth-order valence-electron chi connectivity index (χ4n) is 3.16. The van der Waals surface area contributed by atoms with Crippen LogP contribution >= 0.6 is 0 Å². The van der Waals surface area contributed by atoms with Gasteiger partial charge in [-0.3, -0.25) is 4.90 Å². The fraction of sp³-hybridized carbons (Fsp3) is 0.333. The van der Waals surface area contributed by atoms with Crippen molar-refractivity contribution in [2.24, 2.45) is 0 Å². The third-order valence-corrected chi connectivity index (χ3v) is 4.58. The molecule has 134 valence electrons. The number of carbonyl (C=O) groups excluding carboxylic acids is 1. The van der Waals surface area contributed by atoms with Crippen molar-refractivity contribution in [3.8, 4) is 6.07 Å². The molecule has 1 heterocycles. The first-order valence-electron chi connectivity index (χ1n) is 8.91. The Kier molecular flexibility index (Phi) is 6.24. The van der Waals surface area contributed by atoms with Crippen LogP contribution < -0.4 is 5.32 Å². The van der Waals surface area contributed by atoms with Gasteiger partial charge in [0, 0.05) is 25.7 Å². The van der Waals surface area contributed by atoms with Gasteiger partial charge < -0.3 is 10.1 Å². The van der Waals surface area contributed by atoms with Crippen LogP contribution in [0.2, 0.25) is 0 Å². The molecule has 26 heavy (non-hydrogen) atoms. The molecule has 0 aliphatic carbocycles. The van der Waals surface area contributed by atoms with Gasteiger partial charge in [-0.2, -0.15) is 5.26 Å². The van der Waals surface area contributed by atoms with Crippen LogP contribution in [-0.2, 0) is 17.9 Å². The molecular formula is C21H23N3O2. The number of likely N-dealkylation sites (tertiary alicyclic amines) is 1. The maximum atomic E-state index is 12.0. The summed E-state index contributed by atoms with van der Waals surface area (Å²) in [6.07, 6.45) is 1.45. The molecule has 0 aromatic heterocycles. The second kappa shape index (κ2) is 9.02. The fourth-order valence-corrected chi connectivity index (χ4v) is 3.16. The van der Waals surface area contributed by atoms with E-state index in [2.05, 4.69) is 16.3 Å². The van der Waals surface area contributed by atoms with Crippen molar-refractivity contribution in [2.45, 2.75) is 32.0 Å². The van der Waals surface area contributed by atoms with Gasteiger partial charge in [0.1, 0.15) is 6.61 Å². The highest BCUT2D eigenvalue weighted by Gasteiger charge is 2.21. The minimum absolute atomic E-state index is 0.153. The van der Waals surface area contributed by atoms with Crippen LogP contribution in [0.4, 0.5) is 4.79 Å². The van der Waals surface area contributed by atoms with Crippen LogP contribution in [-0.4, -0.2) is 30.1 Å². The lowest BCUT2D eigenvalue weighted by molar-refractivity contribution is 0.125. The molecule has 1 saturated heterocycles. The highest BCUT2D eigenvalue weighted by Crippen LogP contribution is 2.15. The number of benzene rings is 2. The van der Waals surface area contributed by atoms with E-state index in [0.29, 0.717) is 12.2 Å². The lowest BCUT2D eigenvalue weighted by Gasteiger charge is -2.32. The predicted octanol–water partition coefficient (Wildman–Crippen LogP) is 3.45. The lowest BCUT2D eigenvalue weighted by Crippen LogP contribution is -2.44. The molecule has 0 spiro atoms. The number of hydrogen-bond acceptors (Lipinski definition) is 4. The number of rotatable bonds is 5. The molecule has 2 aromatic rings. The van der Waals surface area contributed by atoms with E-state index in [4.69, 9.17) is 10.00 Å². The molecule has 1 aliphatic heterocycles. The Morgan fingerprint density at radius 3 is 2.58 bits per heavy atom. The highest BCUT2D eigenvalue weighted by atomic mass is 16.5. The molecular weight excluding hydrogens is 326 g/mol. The topological polar surface area (TPSA) is 65.4 Å². The second-order valence-corrected chi connectivity index (χ2v) is 6.57. The van der Waals surface area contributed by atoms with Crippen molar-refractivity contribution in [2.75, 3.05) is 13.1 Å². The average Bonchev–Trinajstić information content (AvgIpc) is 2.69. The average molecular weight is 349 g/mol. The largest absolute Gasteiger partial charge is 0.445 e. The zero-order valence-electron chi connectivity index (χ0n) is 14.7. The number of nitrogens with one attached hydrogen (secondary N) is 1. The van der Waals surface area contributed by atoms with Gasteiger partial charge in [0.15, 0.2) is 0 Å². The summed E-state index contributed by atoms with van der Waals surface area (Å²) in [6.45, 7) is 2.96.